The molecular weight excluding hydrogens is 453 g/mol. The maximum Gasteiger partial charge on any atom is 0.422 e. The minimum absolute atomic E-state index is 0.00312. The van der Waals surface area contributed by atoms with Crippen LogP contribution in [0.5, 0.6) is 23.0 Å². The molecule has 3 rings (SSSR count). The van der Waals surface area contributed by atoms with E-state index in [1.165, 1.54) is 18.2 Å². The minimum Gasteiger partial charge on any atom is -0.493 e. The lowest BCUT2D eigenvalue weighted by Gasteiger charge is -2.32. The van der Waals surface area contributed by atoms with Crippen molar-refractivity contribution in [3.8, 4) is 23.0 Å². The van der Waals surface area contributed by atoms with E-state index in [9.17, 15) is 23.1 Å². The van der Waals surface area contributed by atoms with Crippen LogP contribution in [0.1, 0.15) is 25.3 Å². The lowest BCUT2D eigenvalue weighted by atomic mass is 9.93. The summed E-state index contributed by atoms with van der Waals surface area (Å²) in [5.74, 6) is 0.347. The molecule has 1 aliphatic rings. The molecule has 0 radical (unpaired) electrons. The average Bonchev–Trinajstić information content (AvgIpc) is 2.72. The van der Waals surface area contributed by atoms with E-state index in [2.05, 4.69) is 4.74 Å². The number of aryl methyl sites for hydroxylation is 1. The molecule has 1 heterocycles. The van der Waals surface area contributed by atoms with E-state index in [-0.39, 0.29) is 17.4 Å². The van der Waals surface area contributed by atoms with Gasteiger partial charge in [-0.15, -0.1) is 0 Å². The highest BCUT2D eigenvalue weighted by molar-refractivity contribution is 6.32. The second-order valence-corrected chi connectivity index (χ2v) is 7.86. The van der Waals surface area contributed by atoms with Gasteiger partial charge in [-0.05, 0) is 37.1 Å². The summed E-state index contributed by atoms with van der Waals surface area (Å²) in [5, 5.41) is 9.49. The van der Waals surface area contributed by atoms with Crippen molar-refractivity contribution in [1.29, 1.82) is 0 Å². The SMILES string of the molecule is CC1(C(=O)O)CCc2ccc(OCCCOc3ccc(OCC(F)(F)F)cc3Cl)cc2O1. The van der Waals surface area contributed by atoms with Crippen LogP contribution in [0.15, 0.2) is 36.4 Å². The lowest BCUT2D eigenvalue weighted by molar-refractivity contribution is -0.155. The molecule has 2 aromatic rings. The summed E-state index contributed by atoms with van der Waals surface area (Å²) in [6, 6.07) is 9.37. The number of alkyl halides is 3. The van der Waals surface area contributed by atoms with Crippen molar-refractivity contribution in [2.75, 3.05) is 19.8 Å². The predicted molar refractivity (Wildman–Crippen MR) is 110 cm³/mol. The Morgan fingerprint density at radius 1 is 1.12 bits per heavy atom. The summed E-state index contributed by atoms with van der Waals surface area (Å²) < 4.78 is 58.2. The molecule has 10 heteroatoms. The van der Waals surface area contributed by atoms with Crippen molar-refractivity contribution in [3.05, 3.63) is 47.0 Å². The number of halogens is 4. The molecule has 0 spiro atoms. The monoisotopic (exact) mass is 474 g/mol. The Morgan fingerprint density at radius 2 is 1.81 bits per heavy atom. The molecule has 0 aromatic heterocycles. The summed E-state index contributed by atoms with van der Waals surface area (Å²) in [6.07, 6.45) is -2.92. The predicted octanol–water partition coefficient (Wildman–Crippen LogP) is 5.30. The highest BCUT2D eigenvalue weighted by atomic mass is 35.5. The Hall–Kier alpha value is -2.81. The van der Waals surface area contributed by atoms with Crippen LogP contribution < -0.4 is 18.9 Å². The minimum atomic E-state index is -4.43. The molecule has 6 nitrogen and oxygen atoms in total. The number of hydrogen-bond acceptors (Lipinski definition) is 5. The summed E-state index contributed by atoms with van der Waals surface area (Å²) >= 11 is 6.03. The van der Waals surface area contributed by atoms with Crippen LogP contribution in [0.4, 0.5) is 13.2 Å². The Kier molecular flexibility index (Phi) is 7.28. The third-order valence-corrected chi connectivity index (χ3v) is 5.11. The van der Waals surface area contributed by atoms with E-state index in [1.807, 2.05) is 6.07 Å². The number of hydrogen-bond donors (Lipinski definition) is 1. The van der Waals surface area contributed by atoms with Crippen LogP contribution in [-0.2, 0) is 11.2 Å². The first kappa shape index (κ1) is 23.8. The van der Waals surface area contributed by atoms with Crippen molar-refractivity contribution in [1.82, 2.24) is 0 Å². The van der Waals surface area contributed by atoms with Crippen molar-refractivity contribution < 1.29 is 42.0 Å². The first-order chi connectivity index (χ1) is 15.1. The highest BCUT2D eigenvalue weighted by Crippen LogP contribution is 2.36. The van der Waals surface area contributed by atoms with Gasteiger partial charge in [0.2, 0.25) is 5.60 Å². The Balaban J connectivity index is 1.45. The zero-order chi connectivity index (χ0) is 23.4. The number of aliphatic carboxylic acids is 1. The van der Waals surface area contributed by atoms with Crippen LogP contribution in [0.2, 0.25) is 5.02 Å². The smallest absolute Gasteiger partial charge is 0.422 e. The van der Waals surface area contributed by atoms with Crippen molar-refractivity contribution in [3.63, 3.8) is 0 Å². The molecule has 0 saturated heterocycles. The van der Waals surface area contributed by atoms with Gasteiger partial charge in [0.05, 0.1) is 18.2 Å². The second-order valence-electron chi connectivity index (χ2n) is 7.45. The zero-order valence-electron chi connectivity index (χ0n) is 17.2. The van der Waals surface area contributed by atoms with Crippen LogP contribution in [0, 0.1) is 0 Å². The van der Waals surface area contributed by atoms with Crippen LogP contribution in [0.25, 0.3) is 0 Å². The third kappa shape index (κ3) is 6.35. The van der Waals surface area contributed by atoms with Gasteiger partial charge < -0.3 is 24.1 Å². The standard InChI is InChI=1S/C22H22ClF3O6/c1-21(20(27)28)8-7-14-3-4-16(12-19(14)32-21)29-9-2-10-30-18-6-5-15(11-17(18)23)31-13-22(24,25)26/h3-6,11-12H,2,7-10,13H2,1H3,(H,27,28). The molecule has 1 N–H and O–H groups in total. The van der Waals surface area contributed by atoms with Gasteiger partial charge in [0, 0.05) is 25.0 Å². The molecule has 2 aromatic carbocycles. The molecule has 1 atom stereocenters. The molecule has 1 aliphatic heterocycles. The molecule has 0 fully saturated rings. The van der Waals surface area contributed by atoms with Crippen molar-refractivity contribution >= 4 is 17.6 Å². The first-order valence-electron chi connectivity index (χ1n) is 9.86. The number of benzene rings is 2. The number of ether oxygens (including phenoxy) is 4. The maximum atomic E-state index is 12.2. The van der Waals surface area contributed by atoms with E-state index in [0.717, 1.165) is 5.56 Å². The number of carboxylic acid groups (broad SMARTS) is 1. The molecule has 1 unspecified atom stereocenters. The zero-order valence-corrected chi connectivity index (χ0v) is 18.0. The van der Waals surface area contributed by atoms with Gasteiger partial charge in [-0.1, -0.05) is 17.7 Å². The fourth-order valence-electron chi connectivity index (χ4n) is 3.03. The van der Waals surface area contributed by atoms with Gasteiger partial charge in [-0.2, -0.15) is 13.2 Å². The fourth-order valence-corrected chi connectivity index (χ4v) is 3.25. The number of carboxylic acids is 1. The fraction of sp³-hybridized carbons (Fsp3) is 0.409. The van der Waals surface area contributed by atoms with Gasteiger partial charge in [0.15, 0.2) is 6.61 Å². The largest absolute Gasteiger partial charge is 0.493 e. The summed E-state index contributed by atoms with van der Waals surface area (Å²) in [6.45, 7) is 0.730. The van der Waals surface area contributed by atoms with E-state index in [4.69, 9.17) is 25.8 Å². The van der Waals surface area contributed by atoms with E-state index >= 15 is 0 Å². The van der Waals surface area contributed by atoms with E-state index in [0.29, 0.717) is 43.1 Å². The lowest BCUT2D eigenvalue weighted by Crippen LogP contribution is -2.44. The van der Waals surface area contributed by atoms with Gasteiger partial charge >= 0.3 is 12.1 Å². The van der Waals surface area contributed by atoms with Crippen molar-refractivity contribution in [2.45, 2.75) is 38.0 Å². The molecule has 32 heavy (non-hydrogen) atoms. The number of fused-ring (bicyclic) bond motifs is 1. The van der Waals surface area contributed by atoms with Gasteiger partial charge in [-0.25, -0.2) is 4.79 Å². The van der Waals surface area contributed by atoms with Crippen LogP contribution in [-0.4, -0.2) is 42.7 Å². The second kappa shape index (κ2) is 9.77. The highest BCUT2D eigenvalue weighted by Gasteiger charge is 2.39. The maximum absolute atomic E-state index is 12.2. The molecule has 0 aliphatic carbocycles. The van der Waals surface area contributed by atoms with Crippen LogP contribution in [0.3, 0.4) is 0 Å². The Morgan fingerprint density at radius 3 is 2.50 bits per heavy atom. The first-order valence-corrected chi connectivity index (χ1v) is 10.2. The summed E-state index contributed by atoms with van der Waals surface area (Å²) in [4.78, 5) is 11.4. The van der Waals surface area contributed by atoms with E-state index in [1.54, 1.807) is 19.1 Å². The molecule has 0 bridgehead atoms. The Labute approximate surface area is 187 Å². The third-order valence-electron chi connectivity index (χ3n) is 4.82. The summed E-state index contributed by atoms with van der Waals surface area (Å²) in [5.41, 5.74) is -0.330. The Bertz CT molecular complexity index is 965. The van der Waals surface area contributed by atoms with Gasteiger partial charge in [0.25, 0.3) is 0 Å². The molecule has 0 amide bonds. The summed E-state index contributed by atoms with van der Waals surface area (Å²) in [7, 11) is 0. The van der Waals surface area contributed by atoms with E-state index < -0.39 is 24.4 Å². The number of carbonyl (C=O) groups is 1. The van der Waals surface area contributed by atoms with Gasteiger partial charge in [0.1, 0.15) is 23.0 Å². The van der Waals surface area contributed by atoms with Gasteiger partial charge in [-0.3, -0.25) is 0 Å². The molecular formula is C22H22ClF3O6. The quantitative estimate of drug-likeness (QED) is 0.497. The topological polar surface area (TPSA) is 74.2 Å². The number of rotatable bonds is 9. The van der Waals surface area contributed by atoms with Crippen LogP contribution >= 0.6 is 11.6 Å². The molecule has 174 valence electrons. The normalized spacial score (nSPS) is 17.8. The van der Waals surface area contributed by atoms with Crippen molar-refractivity contribution in [2.24, 2.45) is 0 Å². The molecule has 0 saturated carbocycles. The average molecular weight is 475 g/mol.